The molecular formula is C13H18N3O2+. The standard InChI is InChI=1S/C13H18N3O2/c1-9(2)13(10(3)4)15-14-11-5-7-12(8-6-11)16(17)18/h5-10H,1-4H3/q+1. The van der Waals surface area contributed by atoms with E-state index in [1.807, 2.05) is 0 Å². The molecule has 0 fully saturated rings. The molecule has 0 N–H and O–H groups in total. The molecule has 0 radical (unpaired) electrons. The molecule has 1 aromatic carbocycles. The zero-order valence-corrected chi connectivity index (χ0v) is 11.1. The van der Waals surface area contributed by atoms with Crippen LogP contribution >= 0.6 is 0 Å². The maximum atomic E-state index is 10.5. The van der Waals surface area contributed by atoms with Crippen LogP contribution in [-0.4, -0.2) is 15.4 Å². The fourth-order valence-electron chi connectivity index (χ4n) is 1.65. The van der Waals surface area contributed by atoms with Gasteiger partial charge >= 0.3 is 5.71 Å². The zero-order chi connectivity index (χ0) is 13.7. The highest BCUT2D eigenvalue weighted by molar-refractivity contribution is 5.82. The summed E-state index contributed by atoms with van der Waals surface area (Å²) in [6, 6.07) is 6.05. The Kier molecular flexibility index (Phi) is 4.75. The summed E-state index contributed by atoms with van der Waals surface area (Å²) in [6.07, 6.45) is 0. The highest BCUT2D eigenvalue weighted by atomic mass is 16.6. The number of nitro groups is 1. The van der Waals surface area contributed by atoms with Gasteiger partial charge in [0, 0.05) is 12.1 Å². The van der Waals surface area contributed by atoms with Crippen molar-refractivity contribution in [2.45, 2.75) is 27.7 Å². The van der Waals surface area contributed by atoms with Crippen molar-refractivity contribution in [3.8, 4) is 0 Å². The van der Waals surface area contributed by atoms with Crippen LogP contribution in [-0.2, 0) is 0 Å². The Hall–Kier alpha value is -2.00. The molecule has 0 aromatic heterocycles. The first kappa shape index (κ1) is 14.1. The Morgan fingerprint density at radius 1 is 1.17 bits per heavy atom. The van der Waals surface area contributed by atoms with Crippen molar-refractivity contribution in [1.82, 2.24) is 0 Å². The molecular weight excluding hydrogens is 230 g/mol. The predicted molar refractivity (Wildman–Crippen MR) is 70.1 cm³/mol. The Morgan fingerprint density at radius 3 is 2.06 bits per heavy atom. The van der Waals surface area contributed by atoms with E-state index in [0.29, 0.717) is 17.5 Å². The number of rotatable bonds is 4. The van der Waals surface area contributed by atoms with Gasteiger partial charge in [0.25, 0.3) is 5.69 Å². The molecule has 0 saturated carbocycles. The van der Waals surface area contributed by atoms with Crippen LogP contribution in [0.5, 0.6) is 0 Å². The summed E-state index contributed by atoms with van der Waals surface area (Å²) in [5, 5.41) is 14.6. The maximum Gasteiger partial charge on any atom is 0.323 e. The molecule has 5 heteroatoms. The summed E-state index contributed by atoms with van der Waals surface area (Å²) in [6.45, 7) is 8.29. The third kappa shape index (κ3) is 3.79. The van der Waals surface area contributed by atoms with Gasteiger partial charge < -0.3 is 0 Å². The summed E-state index contributed by atoms with van der Waals surface area (Å²) in [5.41, 5.74) is 1.71. The molecule has 1 aromatic rings. The highest BCUT2D eigenvalue weighted by Crippen LogP contribution is 2.17. The second-order valence-electron chi connectivity index (χ2n) is 4.71. The van der Waals surface area contributed by atoms with E-state index >= 15 is 0 Å². The van der Waals surface area contributed by atoms with E-state index in [1.54, 1.807) is 12.1 Å². The lowest BCUT2D eigenvalue weighted by molar-refractivity contribution is -0.384. The van der Waals surface area contributed by atoms with Crippen molar-refractivity contribution in [2.75, 3.05) is 0 Å². The Bertz CT molecular complexity index is 473. The van der Waals surface area contributed by atoms with Crippen molar-refractivity contribution in [3.05, 3.63) is 34.4 Å². The number of hydrogen-bond acceptors (Lipinski definition) is 3. The van der Waals surface area contributed by atoms with E-state index in [2.05, 4.69) is 37.6 Å². The van der Waals surface area contributed by atoms with E-state index in [0.717, 1.165) is 5.71 Å². The Labute approximate surface area is 106 Å². The summed E-state index contributed by atoms with van der Waals surface area (Å²) in [4.78, 5) is 14.3. The van der Waals surface area contributed by atoms with Crippen LogP contribution in [0.25, 0.3) is 0 Å². The van der Waals surface area contributed by atoms with Crippen LogP contribution in [0, 0.1) is 22.0 Å². The van der Waals surface area contributed by atoms with Crippen LogP contribution in [0.4, 0.5) is 11.4 Å². The summed E-state index contributed by atoms with van der Waals surface area (Å²) >= 11 is 0. The van der Waals surface area contributed by atoms with Crippen molar-refractivity contribution < 1.29 is 9.71 Å². The van der Waals surface area contributed by atoms with Gasteiger partial charge in [0.15, 0.2) is 0 Å². The van der Waals surface area contributed by atoms with Gasteiger partial charge in [0.2, 0.25) is 0 Å². The lowest BCUT2D eigenvalue weighted by atomic mass is 9.98. The molecule has 1 rings (SSSR count). The summed E-state index contributed by atoms with van der Waals surface area (Å²) < 4.78 is 0. The van der Waals surface area contributed by atoms with Gasteiger partial charge in [-0.05, 0) is 12.1 Å². The van der Waals surface area contributed by atoms with Crippen LogP contribution in [0.2, 0.25) is 0 Å². The van der Waals surface area contributed by atoms with Crippen LogP contribution in [0.1, 0.15) is 27.7 Å². The first-order valence-corrected chi connectivity index (χ1v) is 5.94. The molecule has 0 spiro atoms. The lowest BCUT2D eigenvalue weighted by Gasteiger charge is -1.98. The number of nitrogens with zero attached hydrogens (tertiary/aromatic N) is 3. The fraction of sp³-hybridized carbons (Fsp3) is 0.462. The van der Waals surface area contributed by atoms with E-state index in [1.165, 1.54) is 12.1 Å². The van der Waals surface area contributed by atoms with Crippen LogP contribution in [0.15, 0.2) is 29.4 Å². The molecule has 0 amide bonds. The largest absolute Gasteiger partial charge is 0.323 e. The first-order chi connectivity index (χ1) is 8.41. The molecule has 96 valence electrons. The second kappa shape index (κ2) is 6.07. The maximum absolute atomic E-state index is 10.5. The quantitative estimate of drug-likeness (QED) is 0.268. The van der Waals surface area contributed by atoms with Gasteiger partial charge in [0.1, 0.15) is 10.8 Å². The number of non-ortho nitro benzene ring substituents is 1. The summed E-state index contributed by atoms with van der Waals surface area (Å²) in [7, 11) is 0. The topological polar surface area (TPSA) is 69.6 Å². The average molecular weight is 248 g/mol. The lowest BCUT2D eigenvalue weighted by Crippen LogP contribution is -2.16. The summed E-state index contributed by atoms with van der Waals surface area (Å²) in [5.74, 6) is 0.679. The molecule has 5 nitrogen and oxygen atoms in total. The van der Waals surface area contributed by atoms with Gasteiger partial charge in [-0.15, -0.1) is 0 Å². The van der Waals surface area contributed by atoms with Crippen LogP contribution in [0.3, 0.4) is 0 Å². The predicted octanol–water partition coefficient (Wildman–Crippen LogP) is 3.64. The molecule has 0 bridgehead atoms. The third-order valence-corrected chi connectivity index (χ3v) is 2.52. The Morgan fingerprint density at radius 2 is 1.67 bits per heavy atom. The molecule has 0 aliphatic carbocycles. The molecule has 18 heavy (non-hydrogen) atoms. The van der Waals surface area contributed by atoms with E-state index in [9.17, 15) is 10.1 Å². The number of hydrogen-bond donors (Lipinski definition) is 0. The van der Waals surface area contributed by atoms with Crippen molar-refractivity contribution >= 4 is 17.1 Å². The molecule has 0 aliphatic rings. The first-order valence-electron chi connectivity index (χ1n) is 5.94. The fourth-order valence-corrected chi connectivity index (χ4v) is 1.65. The normalized spacial score (nSPS) is 10.3. The SMILES string of the molecule is CC(C)C(=[N+]=Nc1ccc([N+](=O)[O-])cc1)C(C)C. The van der Waals surface area contributed by atoms with Crippen molar-refractivity contribution in [3.63, 3.8) is 0 Å². The van der Waals surface area contributed by atoms with Gasteiger partial charge in [-0.3, -0.25) is 10.1 Å². The minimum absolute atomic E-state index is 0.0610. The van der Waals surface area contributed by atoms with E-state index in [4.69, 9.17) is 0 Å². The van der Waals surface area contributed by atoms with Gasteiger partial charge in [-0.2, -0.15) is 0 Å². The van der Waals surface area contributed by atoms with Gasteiger partial charge in [-0.1, -0.05) is 27.7 Å². The van der Waals surface area contributed by atoms with E-state index in [-0.39, 0.29) is 5.69 Å². The van der Waals surface area contributed by atoms with Crippen molar-refractivity contribution in [1.29, 1.82) is 0 Å². The number of nitro benzene ring substituents is 1. The van der Waals surface area contributed by atoms with Gasteiger partial charge in [0.05, 0.1) is 21.5 Å². The zero-order valence-electron chi connectivity index (χ0n) is 11.1. The molecule has 0 atom stereocenters. The van der Waals surface area contributed by atoms with Crippen molar-refractivity contribution in [2.24, 2.45) is 17.0 Å². The molecule has 0 unspecified atom stereocenters. The number of benzene rings is 1. The molecule has 0 saturated heterocycles. The van der Waals surface area contributed by atoms with E-state index < -0.39 is 4.92 Å². The Balaban J connectivity index is 3.02. The third-order valence-electron chi connectivity index (χ3n) is 2.52. The monoisotopic (exact) mass is 248 g/mol. The minimum atomic E-state index is -0.430. The minimum Gasteiger partial charge on any atom is -0.258 e. The highest BCUT2D eigenvalue weighted by Gasteiger charge is 2.21. The second-order valence-corrected chi connectivity index (χ2v) is 4.71. The van der Waals surface area contributed by atoms with Gasteiger partial charge in [-0.25, -0.2) is 0 Å². The molecule has 0 aliphatic heterocycles. The molecule has 0 heterocycles. The average Bonchev–Trinajstić information content (AvgIpc) is 2.28. The smallest absolute Gasteiger partial charge is 0.258 e. The van der Waals surface area contributed by atoms with Crippen LogP contribution < -0.4 is 0 Å².